The van der Waals surface area contributed by atoms with Gasteiger partial charge in [0.2, 0.25) is 10.0 Å². The zero-order chi connectivity index (χ0) is 15.6. The summed E-state index contributed by atoms with van der Waals surface area (Å²) < 4.78 is 28.0. The summed E-state index contributed by atoms with van der Waals surface area (Å²) in [5.74, 6) is 0. The van der Waals surface area contributed by atoms with E-state index in [2.05, 4.69) is 20.7 Å². The van der Waals surface area contributed by atoms with Crippen LogP contribution in [0.3, 0.4) is 0 Å². The number of rotatable bonds is 5. The largest absolute Gasteiger partial charge is 0.389 e. The van der Waals surface area contributed by atoms with Gasteiger partial charge in [-0.05, 0) is 46.6 Å². The van der Waals surface area contributed by atoms with Gasteiger partial charge in [0.1, 0.15) is 4.99 Å². The minimum Gasteiger partial charge on any atom is -0.389 e. The van der Waals surface area contributed by atoms with E-state index in [1.807, 2.05) is 11.4 Å². The summed E-state index contributed by atoms with van der Waals surface area (Å²) >= 11 is 9.74. The molecule has 1 aromatic carbocycles. The molecule has 8 heteroatoms. The minimum atomic E-state index is -3.56. The summed E-state index contributed by atoms with van der Waals surface area (Å²) in [4.78, 5) is 1.39. The molecule has 2 rings (SSSR count). The van der Waals surface area contributed by atoms with Crippen LogP contribution in [0.5, 0.6) is 0 Å². The first-order valence-electron chi connectivity index (χ1n) is 5.92. The molecule has 0 amide bonds. The SMILES string of the molecule is Cc1cc(S(=O)(=O)NCc2cc(Br)cs2)ccc1C(N)=S. The molecule has 0 aliphatic heterocycles. The second-order valence-electron chi connectivity index (χ2n) is 4.40. The lowest BCUT2D eigenvalue weighted by atomic mass is 10.1. The van der Waals surface area contributed by atoms with E-state index in [0.29, 0.717) is 5.56 Å². The molecule has 0 saturated heterocycles. The summed E-state index contributed by atoms with van der Waals surface area (Å²) in [5.41, 5.74) is 7.00. The predicted molar refractivity (Wildman–Crippen MR) is 93.1 cm³/mol. The number of thiophene rings is 1. The van der Waals surface area contributed by atoms with Gasteiger partial charge in [0.05, 0.1) is 4.90 Å². The van der Waals surface area contributed by atoms with Crippen LogP contribution >= 0.6 is 39.5 Å². The van der Waals surface area contributed by atoms with E-state index in [-0.39, 0.29) is 16.4 Å². The van der Waals surface area contributed by atoms with Crippen molar-refractivity contribution in [2.24, 2.45) is 5.73 Å². The average molecular weight is 405 g/mol. The third kappa shape index (κ3) is 4.10. The smallest absolute Gasteiger partial charge is 0.240 e. The van der Waals surface area contributed by atoms with Crippen LogP contribution in [0.2, 0.25) is 0 Å². The number of nitrogens with one attached hydrogen (secondary N) is 1. The zero-order valence-electron chi connectivity index (χ0n) is 11.1. The van der Waals surface area contributed by atoms with Gasteiger partial charge >= 0.3 is 0 Å². The Labute approximate surface area is 141 Å². The van der Waals surface area contributed by atoms with Crippen molar-refractivity contribution in [3.8, 4) is 0 Å². The maximum absolute atomic E-state index is 12.3. The van der Waals surface area contributed by atoms with Crippen molar-refractivity contribution >= 4 is 54.5 Å². The van der Waals surface area contributed by atoms with Crippen LogP contribution in [0.15, 0.2) is 39.0 Å². The summed E-state index contributed by atoms with van der Waals surface area (Å²) in [7, 11) is -3.56. The van der Waals surface area contributed by atoms with Gasteiger partial charge in [0.25, 0.3) is 0 Å². The molecule has 0 bridgehead atoms. The first-order chi connectivity index (χ1) is 9.79. The number of nitrogens with two attached hydrogens (primary N) is 1. The average Bonchev–Trinajstić information content (AvgIpc) is 2.82. The number of thiocarbonyl (C=S) groups is 1. The monoisotopic (exact) mass is 404 g/mol. The molecule has 21 heavy (non-hydrogen) atoms. The Morgan fingerprint density at radius 1 is 1.43 bits per heavy atom. The lowest BCUT2D eigenvalue weighted by molar-refractivity contribution is 0.581. The van der Waals surface area contributed by atoms with Crippen molar-refractivity contribution in [3.63, 3.8) is 0 Å². The standard InChI is InChI=1S/C13H13BrN2O2S3/c1-8-4-11(2-3-12(8)13(15)19)21(17,18)16-6-10-5-9(14)7-20-10/h2-5,7,16H,6H2,1H3,(H2,15,19). The van der Waals surface area contributed by atoms with Crippen LogP contribution in [-0.4, -0.2) is 13.4 Å². The van der Waals surface area contributed by atoms with Crippen LogP contribution in [0.1, 0.15) is 16.0 Å². The molecular formula is C13H13BrN2O2S3. The van der Waals surface area contributed by atoms with Crippen molar-refractivity contribution < 1.29 is 8.42 Å². The second kappa shape index (κ2) is 6.53. The molecule has 0 radical (unpaired) electrons. The van der Waals surface area contributed by atoms with Crippen LogP contribution < -0.4 is 10.5 Å². The van der Waals surface area contributed by atoms with Gasteiger partial charge in [-0.2, -0.15) is 0 Å². The van der Waals surface area contributed by atoms with Gasteiger partial charge < -0.3 is 5.73 Å². The summed E-state index contributed by atoms with van der Waals surface area (Å²) in [6, 6.07) is 6.59. The van der Waals surface area contributed by atoms with Gasteiger partial charge in [0.15, 0.2) is 0 Å². The van der Waals surface area contributed by atoms with E-state index < -0.39 is 10.0 Å². The third-order valence-corrected chi connectivity index (χ3v) is 6.15. The fraction of sp³-hybridized carbons (Fsp3) is 0.154. The number of sulfonamides is 1. The molecule has 112 valence electrons. The fourth-order valence-corrected chi connectivity index (χ4v) is 4.58. The van der Waals surface area contributed by atoms with Crippen molar-refractivity contribution in [1.82, 2.24) is 4.72 Å². The number of benzene rings is 1. The van der Waals surface area contributed by atoms with Crippen molar-refractivity contribution in [2.75, 3.05) is 0 Å². The summed E-state index contributed by atoms with van der Waals surface area (Å²) in [6.07, 6.45) is 0. The molecule has 0 aliphatic rings. The van der Waals surface area contributed by atoms with E-state index in [1.165, 1.54) is 17.4 Å². The molecule has 0 saturated carbocycles. The van der Waals surface area contributed by atoms with Gasteiger partial charge in [-0.1, -0.05) is 18.3 Å². The minimum absolute atomic E-state index is 0.204. The quantitative estimate of drug-likeness (QED) is 0.751. The van der Waals surface area contributed by atoms with Crippen LogP contribution in [-0.2, 0) is 16.6 Å². The molecule has 0 aliphatic carbocycles. The van der Waals surface area contributed by atoms with E-state index >= 15 is 0 Å². The van der Waals surface area contributed by atoms with E-state index in [1.54, 1.807) is 19.1 Å². The van der Waals surface area contributed by atoms with E-state index in [0.717, 1.165) is 14.9 Å². The molecule has 1 heterocycles. The normalized spacial score (nSPS) is 11.5. The van der Waals surface area contributed by atoms with E-state index in [4.69, 9.17) is 18.0 Å². The van der Waals surface area contributed by atoms with Crippen LogP contribution in [0.4, 0.5) is 0 Å². The Morgan fingerprint density at radius 2 is 2.14 bits per heavy atom. The highest BCUT2D eigenvalue weighted by atomic mass is 79.9. The summed E-state index contributed by atoms with van der Waals surface area (Å²) in [6.45, 7) is 2.04. The highest BCUT2D eigenvalue weighted by molar-refractivity contribution is 9.10. The highest BCUT2D eigenvalue weighted by Crippen LogP contribution is 2.21. The molecule has 3 N–H and O–H groups in total. The maximum Gasteiger partial charge on any atom is 0.240 e. The van der Waals surface area contributed by atoms with Crippen LogP contribution in [0.25, 0.3) is 0 Å². The molecule has 0 spiro atoms. The Kier molecular flexibility index (Phi) is 5.15. The van der Waals surface area contributed by atoms with E-state index in [9.17, 15) is 8.42 Å². The number of hydrogen-bond acceptors (Lipinski definition) is 4. The Balaban J connectivity index is 2.19. The van der Waals surface area contributed by atoms with Crippen LogP contribution in [0, 0.1) is 6.92 Å². The van der Waals surface area contributed by atoms with Gasteiger partial charge in [0, 0.05) is 26.8 Å². The third-order valence-electron chi connectivity index (χ3n) is 2.83. The molecule has 0 fully saturated rings. The maximum atomic E-state index is 12.3. The van der Waals surface area contributed by atoms with Crippen molar-refractivity contribution in [1.29, 1.82) is 0 Å². The van der Waals surface area contributed by atoms with Gasteiger partial charge in [-0.15, -0.1) is 11.3 Å². The molecule has 2 aromatic rings. The first kappa shape index (κ1) is 16.6. The zero-order valence-corrected chi connectivity index (χ0v) is 15.1. The molecule has 1 aromatic heterocycles. The molecule has 4 nitrogen and oxygen atoms in total. The van der Waals surface area contributed by atoms with Crippen molar-refractivity contribution in [2.45, 2.75) is 18.4 Å². The number of hydrogen-bond donors (Lipinski definition) is 2. The topological polar surface area (TPSA) is 72.2 Å². The number of aryl methyl sites for hydroxylation is 1. The molecule has 0 unspecified atom stereocenters. The fourth-order valence-electron chi connectivity index (χ4n) is 1.78. The van der Waals surface area contributed by atoms with Crippen molar-refractivity contribution in [3.05, 3.63) is 50.1 Å². The lowest BCUT2D eigenvalue weighted by Crippen LogP contribution is -2.23. The van der Waals surface area contributed by atoms with Gasteiger partial charge in [-0.3, -0.25) is 0 Å². The number of halogens is 1. The Bertz CT molecular complexity index is 784. The highest BCUT2D eigenvalue weighted by Gasteiger charge is 2.15. The molecular weight excluding hydrogens is 392 g/mol. The Hall–Kier alpha value is -0.800. The first-order valence-corrected chi connectivity index (χ1v) is 9.49. The summed E-state index contributed by atoms with van der Waals surface area (Å²) in [5, 5.41) is 1.91. The molecule has 0 atom stereocenters. The predicted octanol–water partition coefficient (Wildman–Crippen LogP) is 2.93. The Morgan fingerprint density at radius 3 is 2.67 bits per heavy atom. The lowest BCUT2D eigenvalue weighted by Gasteiger charge is -2.09. The van der Waals surface area contributed by atoms with Gasteiger partial charge in [-0.25, -0.2) is 13.1 Å². The second-order valence-corrected chi connectivity index (χ2v) is 8.52.